The number of benzene rings is 11. The average Bonchev–Trinajstić information content (AvgIpc) is 3.99. The monoisotopic (exact) mass is 1030 g/mol. The molecule has 0 radical (unpaired) electrons. The number of nitrogens with one attached hydrogen (secondary N) is 1. The Morgan fingerprint density at radius 1 is 0.390 bits per heavy atom. The van der Waals surface area contributed by atoms with Gasteiger partial charge in [0.15, 0.2) is 0 Å². The summed E-state index contributed by atoms with van der Waals surface area (Å²) < 4.78 is 0. The van der Waals surface area contributed by atoms with E-state index in [1.807, 2.05) is 0 Å². The molecule has 0 aliphatic carbocycles. The molecule has 4 heteroatoms. The zero-order valence-corrected chi connectivity index (χ0v) is 47.7. The molecule has 2 nitrogen and oxygen atoms in total. The molecule has 77 heavy (non-hydrogen) atoms. The van der Waals surface area contributed by atoms with Crippen molar-refractivity contribution in [2.75, 3.05) is 16.8 Å². The molecule has 0 spiro atoms. The quantitative estimate of drug-likeness (QED) is 0.0914. The van der Waals surface area contributed by atoms with Gasteiger partial charge in [0.05, 0.1) is 16.1 Å². The van der Waals surface area contributed by atoms with Crippen molar-refractivity contribution in [3.05, 3.63) is 242 Å². The largest absolute Gasteiger partial charge is 0.355 e. The Labute approximate surface area is 458 Å². The first-order chi connectivity index (χ1) is 37.4. The molecule has 0 atom stereocenters. The molecular formula is C73H68N2Si2. The maximum absolute atomic E-state index is 3.95. The number of nitrogens with zero attached hydrogens (tertiary/aromatic N) is 1. The molecule has 1 heterocycles. The van der Waals surface area contributed by atoms with Crippen LogP contribution in [0, 0.1) is 0 Å². The Kier molecular flexibility index (Phi) is 13.3. The van der Waals surface area contributed by atoms with Gasteiger partial charge in [-0.1, -0.05) is 245 Å². The number of aryl methyl sites for hydroxylation is 1. The minimum atomic E-state index is -1.50. The van der Waals surface area contributed by atoms with Crippen LogP contribution in [0.25, 0.3) is 88.3 Å². The zero-order chi connectivity index (χ0) is 52.8. The second-order valence-electron chi connectivity index (χ2n) is 23.3. The molecule has 0 bridgehead atoms. The van der Waals surface area contributed by atoms with E-state index in [1.165, 1.54) is 127 Å². The summed E-state index contributed by atoms with van der Waals surface area (Å²) in [7, 11) is -2.95. The summed E-state index contributed by atoms with van der Waals surface area (Å²) in [5.41, 5.74) is 22.3. The van der Waals surface area contributed by atoms with Crippen LogP contribution < -0.4 is 20.6 Å². The standard InChI is InChI=1S/C73H68N2Si2/c1-8-17-58-46-64(76(2,3)4)36-40-70(58)74-62-24-15-22-60(44-62)72-66-38-34-57(55-32-28-53(29-33-55)51-20-13-10-14-21-51)49-69(66)73(61-23-16-25-63(45-61)75-43-42-59-47-65(77(5,6)7)37-41-71(59)75)67-39-35-56(48-68(67)72)54-30-26-52(27-31-54)50-18-11-9-12-19-50/h9-16,18-41,44-49,74H,8,17,42-43H2,1-7H3. The molecule has 11 aromatic carbocycles. The molecular weight excluding hydrogens is 961 g/mol. The van der Waals surface area contributed by atoms with Crippen LogP contribution in [0.5, 0.6) is 0 Å². The maximum atomic E-state index is 3.95. The van der Waals surface area contributed by atoms with Crippen molar-refractivity contribution in [3.8, 4) is 66.8 Å². The van der Waals surface area contributed by atoms with Crippen LogP contribution in [0.1, 0.15) is 24.5 Å². The Hall–Kier alpha value is -8.03. The number of rotatable bonds is 13. The van der Waals surface area contributed by atoms with E-state index in [2.05, 4.69) is 287 Å². The van der Waals surface area contributed by atoms with E-state index in [9.17, 15) is 0 Å². The molecule has 0 unspecified atom stereocenters. The molecule has 0 fully saturated rings. The highest BCUT2D eigenvalue weighted by Crippen LogP contribution is 2.48. The molecule has 11 aromatic rings. The van der Waals surface area contributed by atoms with E-state index < -0.39 is 16.1 Å². The van der Waals surface area contributed by atoms with Crippen LogP contribution >= 0.6 is 0 Å². The Morgan fingerprint density at radius 3 is 1.40 bits per heavy atom. The summed E-state index contributed by atoms with van der Waals surface area (Å²) in [6.07, 6.45) is 3.19. The van der Waals surface area contributed by atoms with Crippen LogP contribution in [-0.4, -0.2) is 22.7 Å². The lowest BCUT2D eigenvalue weighted by molar-refractivity contribution is 0.924. The van der Waals surface area contributed by atoms with E-state index in [-0.39, 0.29) is 0 Å². The number of fused-ring (bicyclic) bond motifs is 3. The lowest BCUT2D eigenvalue weighted by Gasteiger charge is -2.24. The van der Waals surface area contributed by atoms with Gasteiger partial charge in [0.25, 0.3) is 0 Å². The summed E-state index contributed by atoms with van der Waals surface area (Å²) in [6.45, 7) is 17.9. The molecule has 12 rings (SSSR count). The minimum absolute atomic E-state index is 0.969. The van der Waals surface area contributed by atoms with Crippen molar-refractivity contribution >= 4 is 70.8 Å². The van der Waals surface area contributed by atoms with Gasteiger partial charge in [-0.25, -0.2) is 0 Å². The van der Waals surface area contributed by atoms with Crippen LogP contribution in [0.2, 0.25) is 39.3 Å². The third kappa shape index (κ3) is 10.0. The first-order valence-electron chi connectivity index (χ1n) is 27.7. The summed E-state index contributed by atoms with van der Waals surface area (Å²) in [4.78, 5) is 2.55. The van der Waals surface area contributed by atoms with E-state index >= 15 is 0 Å². The Balaban J connectivity index is 1.07. The van der Waals surface area contributed by atoms with E-state index in [0.29, 0.717) is 0 Å². The molecule has 1 aliphatic rings. The molecule has 1 aliphatic heterocycles. The van der Waals surface area contributed by atoms with Crippen LogP contribution in [0.3, 0.4) is 0 Å². The second-order valence-corrected chi connectivity index (χ2v) is 33.4. The maximum Gasteiger partial charge on any atom is 0.0776 e. The number of anilines is 4. The first-order valence-corrected chi connectivity index (χ1v) is 34.7. The van der Waals surface area contributed by atoms with Crippen molar-refractivity contribution in [1.29, 1.82) is 0 Å². The van der Waals surface area contributed by atoms with Gasteiger partial charge in [0, 0.05) is 29.3 Å². The van der Waals surface area contributed by atoms with Gasteiger partial charge in [-0.2, -0.15) is 0 Å². The first kappa shape index (κ1) is 49.8. The summed E-state index contributed by atoms with van der Waals surface area (Å²) >= 11 is 0. The van der Waals surface area contributed by atoms with Crippen molar-refractivity contribution < 1.29 is 0 Å². The number of hydrogen-bond acceptors (Lipinski definition) is 2. The minimum Gasteiger partial charge on any atom is -0.355 e. The smallest absolute Gasteiger partial charge is 0.0776 e. The molecule has 0 amide bonds. The van der Waals surface area contributed by atoms with Crippen molar-refractivity contribution in [2.24, 2.45) is 0 Å². The highest BCUT2D eigenvalue weighted by Gasteiger charge is 2.26. The van der Waals surface area contributed by atoms with Gasteiger partial charge in [0.1, 0.15) is 0 Å². The summed E-state index contributed by atoms with van der Waals surface area (Å²) in [6, 6.07) is 87.0. The van der Waals surface area contributed by atoms with E-state index in [4.69, 9.17) is 0 Å². The van der Waals surface area contributed by atoms with Gasteiger partial charge in [-0.3, -0.25) is 0 Å². The lowest BCUT2D eigenvalue weighted by atomic mass is 9.83. The highest BCUT2D eigenvalue weighted by atomic mass is 28.3. The van der Waals surface area contributed by atoms with Gasteiger partial charge in [-0.05, 0) is 161 Å². The summed E-state index contributed by atoms with van der Waals surface area (Å²) in [5, 5.41) is 11.9. The number of hydrogen-bond donors (Lipinski definition) is 1. The topological polar surface area (TPSA) is 15.3 Å². The molecule has 378 valence electrons. The lowest BCUT2D eigenvalue weighted by Crippen LogP contribution is -2.37. The molecule has 0 aromatic heterocycles. The Bertz CT molecular complexity index is 3960. The van der Waals surface area contributed by atoms with Crippen LogP contribution in [0.15, 0.2) is 231 Å². The fourth-order valence-corrected chi connectivity index (χ4v) is 14.1. The van der Waals surface area contributed by atoms with Crippen LogP contribution in [-0.2, 0) is 12.8 Å². The third-order valence-corrected chi connectivity index (χ3v) is 20.1. The van der Waals surface area contributed by atoms with Gasteiger partial charge in [0.2, 0.25) is 0 Å². The van der Waals surface area contributed by atoms with Crippen molar-refractivity contribution in [2.45, 2.75) is 65.5 Å². The van der Waals surface area contributed by atoms with Gasteiger partial charge in [-0.15, -0.1) is 0 Å². The van der Waals surface area contributed by atoms with Crippen LogP contribution in [0.4, 0.5) is 22.7 Å². The molecule has 0 saturated heterocycles. The third-order valence-electron chi connectivity index (χ3n) is 16.0. The second kappa shape index (κ2) is 20.5. The SMILES string of the molecule is CCCc1cc([Si](C)(C)C)ccc1Nc1cccc(-c2c3ccc(-c4ccc(-c5ccccc5)cc4)cc3c(-c3cccc(N4CCc5cc([Si](C)(C)C)ccc54)c3)c3ccc(-c4ccc(-c5ccccc5)cc4)cc23)c1. The predicted octanol–water partition coefficient (Wildman–Crippen LogP) is 19.5. The fraction of sp³-hybridized carbons (Fsp3) is 0.151. The van der Waals surface area contributed by atoms with Crippen molar-refractivity contribution in [1.82, 2.24) is 0 Å². The van der Waals surface area contributed by atoms with Gasteiger partial charge < -0.3 is 10.2 Å². The summed E-state index contributed by atoms with van der Waals surface area (Å²) in [5.74, 6) is 0. The predicted molar refractivity (Wildman–Crippen MR) is 341 cm³/mol. The normalized spacial score (nSPS) is 12.6. The van der Waals surface area contributed by atoms with Gasteiger partial charge >= 0.3 is 0 Å². The molecule has 0 saturated carbocycles. The van der Waals surface area contributed by atoms with E-state index in [1.54, 1.807) is 0 Å². The van der Waals surface area contributed by atoms with E-state index in [0.717, 1.165) is 31.5 Å². The zero-order valence-electron chi connectivity index (χ0n) is 45.7. The average molecular weight is 1030 g/mol. The van der Waals surface area contributed by atoms with Crippen molar-refractivity contribution in [3.63, 3.8) is 0 Å². The highest BCUT2D eigenvalue weighted by molar-refractivity contribution is 6.89. The Morgan fingerprint density at radius 2 is 0.857 bits per heavy atom. The fourth-order valence-electron chi connectivity index (χ4n) is 11.7. The molecule has 1 N–H and O–H groups in total.